The number of esters is 1. The fourth-order valence-corrected chi connectivity index (χ4v) is 4.44. The molecule has 0 atom stereocenters. The van der Waals surface area contributed by atoms with Crippen molar-refractivity contribution in [3.8, 4) is 5.75 Å². The minimum absolute atomic E-state index is 0.0778. The smallest absolute Gasteiger partial charge is 0.345 e. The zero-order chi connectivity index (χ0) is 23.5. The summed E-state index contributed by atoms with van der Waals surface area (Å²) in [6, 6.07) is 18.1. The van der Waals surface area contributed by atoms with Gasteiger partial charge >= 0.3 is 5.97 Å². The molecule has 33 heavy (non-hydrogen) atoms. The van der Waals surface area contributed by atoms with E-state index in [9.17, 15) is 14.4 Å². The first kappa shape index (κ1) is 23.4. The van der Waals surface area contributed by atoms with Crippen molar-refractivity contribution < 1.29 is 19.1 Å². The van der Waals surface area contributed by atoms with Crippen LogP contribution in [0.5, 0.6) is 5.75 Å². The molecule has 1 heterocycles. The molecule has 4 rings (SSSR count). The third-order valence-electron chi connectivity index (χ3n) is 4.66. The van der Waals surface area contributed by atoms with Gasteiger partial charge in [0.2, 0.25) is 0 Å². The highest BCUT2D eigenvalue weighted by molar-refractivity contribution is 8.18. The third kappa shape index (κ3) is 5.42. The summed E-state index contributed by atoms with van der Waals surface area (Å²) in [7, 11) is 0. The minimum Gasteiger partial charge on any atom is -0.423 e. The number of halogens is 3. The summed E-state index contributed by atoms with van der Waals surface area (Å²) in [6.07, 6.45) is 1.58. The van der Waals surface area contributed by atoms with E-state index in [1.165, 1.54) is 0 Å². The number of hydrogen-bond donors (Lipinski definition) is 0. The van der Waals surface area contributed by atoms with Crippen molar-refractivity contribution in [2.24, 2.45) is 0 Å². The first-order valence-electron chi connectivity index (χ1n) is 9.58. The summed E-state index contributed by atoms with van der Waals surface area (Å²) in [5.41, 5.74) is 1.52. The van der Waals surface area contributed by atoms with E-state index in [0.29, 0.717) is 21.2 Å². The fourth-order valence-electron chi connectivity index (χ4n) is 3.06. The molecule has 166 valence electrons. The maximum Gasteiger partial charge on any atom is 0.345 e. The molecule has 5 nitrogen and oxygen atoms in total. The summed E-state index contributed by atoms with van der Waals surface area (Å²) in [5, 5.41) is 0.636. The van der Waals surface area contributed by atoms with Crippen molar-refractivity contribution in [3.63, 3.8) is 0 Å². The van der Waals surface area contributed by atoms with Gasteiger partial charge < -0.3 is 4.74 Å². The Labute approximate surface area is 208 Å². The van der Waals surface area contributed by atoms with E-state index >= 15 is 0 Å². The number of carbonyl (C=O) groups excluding carboxylic acids is 3. The molecule has 0 radical (unpaired) electrons. The highest BCUT2D eigenvalue weighted by atomic mass is 35.5. The first-order valence-corrected chi connectivity index (χ1v) is 11.5. The molecule has 0 aliphatic carbocycles. The number of carbonyl (C=O) groups is 3. The summed E-state index contributed by atoms with van der Waals surface area (Å²) in [5.74, 6) is -0.738. The zero-order valence-electron chi connectivity index (χ0n) is 16.8. The second-order valence-corrected chi connectivity index (χ2v) is 9.17. The van der Waals surface area contributed by atoms with Gasteiger partial charge in [-0.3, -0.25) is 14.5 Å². The summed E-state index contributed by atoms with van der Waals surface area (Å²) < 4.78 is 5.41. The van der Waals surface area contributed by atoms with E-state index in [2.05, 4.69) is 0 Å². The first-order chi connectivity index (χ1) is 15.8. The van der Waals surface area contributed by atoms with Crippen molar-refractivity contribution in [3.05, 3.63) is 103 Å². The van der Waals surface area contributed by atoms with E-state index in [4.69, 9.17) is 39.5 Å². The van der Waals surface area contributed by atoms with Gasteiger partial charge in [-0.2, -0.15) is 0 Å². The normalized spacial score (nSPS) is 14.8. The molecule has 1 aliphatic rings. The lowest BCUT2D eigenvalue weighted by molar-refractivity contribution is -0.123. The molecule has 0 saturated carbocycles. The van der Waals surface area contributed by atoms with E-state index in [1.54, 1.807) is 72.8 Å². The van der Waals surface area contributed by atoms with Gasteiger partial charge in [0, 0.05) is 0 Å². The number of hydrogen-bond acceptors (Lipinski definition) is 5. The third-order valence-corrected chi connectivity index (χ3v) is 6.63. The van der Waals surface area contributed by atoms with E-state index in [1.807, 2.05) is 0 Å². The van der Waals surface area contributed by atoms with Gasteiger partial charge in [-0.25, -0.2) is 4.79 Å². The van der Waals surface area contributed by atoms with E-state index in [-0.39, 0.29) is 27.8 Å². The van der Waals surface area contributed by atoms with E-state index in [0.717, 1.165) is 16.7 Å². The summed E-state index contributed by atoms with van der Waals surface area (Å²) in [6.45, 7) is 0.0778. The predicted molar refractivity (Wildman–Crippen MR) is 131 cm³/mol. The van der Waals surface area contributed by atoms with Gasteiger partial charge in [-0.05, 0) is 65.4 Å². The van der Waals surface area contributed by atoms with Crippen LogP contribution in [0.15, 0.2) is 71.6 Å². The standard InChI is InChI=1S/C24H14Cl3NO4S/c25-18-7-2-1-6-17(18)23(30)32-16-5-3-4-14(10-16)12-21-22(29)28(24(31)33-21)13-15-8-9-19(26)20(27)11-15/h1-12H,13H2/b21-12-. The number of ether oxygens (including phenoxy) is 1. The van der Waals surface area contributed by atoms with Crippen LogP contribution in [0, 0.1) is 0 Å². The predicted octanol–water partition coefficient (Wildman–Crippen LogP) is 7.10. The molecule has 0 aromatic heterocycles. The Bertz CT molecular complexity index is 1310. The van der Waals surface area contributed by atoms with Crippen LogP contribution >= 0.6 is 46.6 Å². The molecule has 9 heteroatoms. The molecule has 0 bridgehead atoms. The average Bonchev–Trinajstić information content (AvgIpc) is 3.04. The van der Waals surface area contributed by atoms with Crippen molar-refractivity contribution in [1.29, 1.82) is 0 Å². The summed E-state index contributed by atoms with van der Waals surface area (Å²) in [4.78, 5) is 39.0. The van der Waals surface area contributed by atoms with Crippen LogP contribution in [-0.2, 0) is 11.3 Å². The molecule has 3 aromatic rings. The highest BCUT2D eigenvalue weighted by Crippen LogP contribution is 2.34. The molecular weight excluding hydrogens is 505 g/mol. The number of nitrogens with zero attached hydrogens (tertiary/aromatic N) is 1. The number of amides is 2. The van der Waals surface area contributed by atoms with Crippen LogP contribution in [0.25, 0.3) is 6.08 Å². The fraction of sp³-hybridized carbons (Fsp3) is 0.0417. The highest BCUT2D eigenvalue weighted by Gasteiger charge is 2.35. The second kappa shape index (κ2) is 10.0. The Morgan fingerprint density at radius 3 is 2.45 bits per heavy atom. The van der Waals surface area contributed by atoms with Crippen LogP contribution in [0.3, 0.4) is 0 Å². The zero-order valence-corrected chi connectivity index (χ0v) is 19.8. The molecule has 0 N–H and O–H groups in total. The maximum absolute atomic E-state index is 12.8. The van der Waals surface area contributed by atoms with E-state index < -0.39 is 17.1 Å². The molecule has 0 spiro atoms. The monoisotopic (exact) mass is 517 g/mol. The topological polar surface area (TPSA) is 63.7 Å². The molecule has 0 unspecified atom stereocenters. The number of thioether (sulfide) groups is 1. The molecular formula is C24H14Cl3NO4S. The van der Waals surface area contributed by atoms with Crippen LogP contribution in [0.1, 0.15) is 21.5 Å². The Balaban J connectivity index is 1.50. The minimum atomic E-state index is -0.598. The Morgan fingerprint density at radius 2 is 1.70 bits per heavy atom. The van der Waals surface area contributed by atoms with Crippen LogP contribution in [0.2, 0.25) is 15.1 Å². The average molecular weight is 519 g/mol. The van der Waals surface area contributed by atoms with Crippen LogP contribution in [0.4, 0.5) is 4.79 Å². The lowest BCUT2D eigenvalue weighted by atomic mass is 10.2. The molecule has 3 aromatic carbocycles. The van der Waals surface area contributed by atoms with Crippen molar-refractivity contribution in [2.45, 2.75) is 6.54 Å². The van der Waals surface area contributed by atoms with Gasteiger partial charge in [0.1, 0.15) is 5.75 Å². The van der Waals surface area contributed by atoms with Crippen molar-refractivity contribution in [2.75, 3.05) is 0 Å². The van der Waals surface area contributed by atoms with Gasteiger partial charge in [0.15, 0.2) is 0 Å². The van der Waals surface area contributed by atoms with Gasteiger partial charge in [-0.15, -0.1) is 0 Å². The quantitative estimate of drug-likeness (QED) is 0.205. The SMILES string of the molecule is O=C(Oc1cccc(/C=C2\SC(=O)N(Cc3ccc(Cl)c(Cl)c3)C2=O)c1)c1ccccc1Cl. The second-order valence-electron chi connectivity index (χ2n) is 6.96. The molecule has 1 fully saturated rings. The van der Waals surface area contributed by atoms with Crippen molar-refractivity contribution >= 4 is 69.8 Å². The Hall–Kier alpha value is -2.77. The number of rotatable bonds is 5. The lowest BCUT2D eigenvalue weighted by Crippen LogP contribution is -2.27. The van der Waals surface area contributed by atoms with Gasteiger partial charge in [0.05, 0.1) is 32.1 Å². The maximum atomic E-state index is 12.8. The Morgan fingerprint density at radius 1 is 0.909 bits per heavy atom. The molecule has 2 amide bonds. The number of imide groups is 1. The van der Waals surface area contributed by atoms with Gasteiger partial charge in [-0.1, -0.05) is 65.1 Å². The number of benzene rings is 3. The lowest BCUT2D eigenvalue weighted by Gasteiger charge is -2.13. The van der Waals surface area contributed by atoms with Gasteiger partial charge in [0.25, 0.3) is 11.1 Å². The van der Waals surface area contributed by atoms with Crippen molar-refractivity contribution in [1.82, 2.24) is 4.90 Å². The molecule has 1 aliphatic heterocycles. The summed E-state index contributed by atoms with van der Waals surface area (Å²) >= 11 is 18.8. The Kier molecular flexibility index (Phi) is 7.10. The van der Waals surface area contributed by atoms with Crippen LogP contribution < -0.4 is 4.74 Å². The molecule has 1 saturated heterocycles. The van der Waals surface area contributed by atoms with Crippen LogP contribution in [-0.4, -0.2) is 22.0 Å². The largest absolute Gasteiger partial charge is 0.423 e.